The van der Waals surface area contributed by atoms with E-state index in [4.69, 9.17) is 5.84 Å². The number of likely N-dealkylation sites (tertiary alicyclic amines) is 1. The highest BCUT2D eigenvalue weighted by molar-refractivity contribution is 4.91. The summed E-state index contributed by atoms with van der Waals surface area (Å²) in [5, 5.41) is 1.99. The highest BCUT2D eigenvalue weighted by Crippen LogP contribution is 2.29. The summed E-state index contributed by atoms with van der Waals surface area (Å²) in [5.41, 5.74) is 0. The number of hydrogen-bond donors (Lipinski definition) is 1. The van der Waals surface area contributed by atoms with E-state index in [9.17, 15) is 0 Å². The average molecular weight is 183 g/mol. The Morgan fingerprint density at radius 3 is 2.15 bits per heavy atom. The van der Waals surface area contributed by atoms with Gasteiger partial charge < -0.3 is 4.90 Å². The van der Waals surface area contributed by atoms with Gasteiger partial charge in [-0.25, -0.2) is 5.01 Å². The first kappa shape index (κ1) is 9.44. The summed E-state index contributed by atoms with van der Waals surface area (Å²) in [7, 11) is 0. The Kier molecular flexibility index (Phi) is 2.58. The lowest BCUT2D eigenvalue weighted by molar-refractivity contribution is 0.241. The first-order valence-corrected chi connectivity index (χ1v) is 5.37. The quantitative estimate of drug-likeness (QED) is 0.628. The third-order valence-electron chi connectivity index (χ3n) is 3.21. The SMILES string of the molecule is CC(C)CN1C[C@H]2CN(N)C[C@H]2C1. The normalized spacial score (nSPS) is 36.0. The molecule has 3 nitrogen and oxygen atoms in total. The number of hydrogen-bond acceptors (Lipinski definition) is 3. The van der Waals surface area contributed by atoms with E-state index in [0.29, 0.717) is 0 Å². The third-order valence-corrected chi connectivity index (χ3v) is 3.21. The van der Waals surface area contributed by atoms with Gasteiger partial charge in [-0.05, 0) is 17.8 Å². The topological polar surface area (TPSA) is 32.5 Å². The van der Waals surface area contributed by atoms with Crippen LogP contribution < -0.4 is 5.84 Å². The van der Waals surface area contributed by atoms with E-state index in [2.05, 4.69) is 18.7 Å². The molecule has 2 saturated heterocycles. The first-order chi connectivity index (χ1) is 6.15. The van der Waals surface area contributed by atoms with Crippen molar-refractivity contribution >= 4 is 0 Å². The number of fused-ring (bicyclic) bond motifs is 1. The number of hydrazine groups is 1. The summed E-state index contributed by atoms with van der Waals surface area (Å²) < 4.78 is 0. The summed E-state index contributed by atoms with van der Waals surface area (Å²) in [4.78, 5) is 2.60. The van der Waals surface area contributed by atoms with Crippen molar-refractivity contribution in [3.63, 3.8) is 0 Å². The molecular formula is C10H21N3. The molecule has 13 heavy (non-hydrogen) atoms. The van der Waals surface area contributed by atoms with Crippen LogP contribution in [0.15, 0.2) is 0 Å². The van der Waals surface area contributed by atoms with Crippen LogP contribution in [0.2, 0.25) is 0 Å². The minimum absolute atomic E-state index is 0.799. The molecule has 0 bridgehead atoms. The second-order valence-electron chi connectivity index (χ2n) is 5.09. The zero-order valence-electron chi connectivity index (χ0n) is 8.74. The van der Waals surface area contributed by atoms with Crippen molar-refractivity contribution < 1.29 is 0 Å². The first-order valence-electron chi connectivity index (χ1n) is 5.37. The summed E-state index contributed by atoms with van der Waals surface area (Å²) in [6.07, 6.45) is 0. The Balaban J connectivity index is 1.83. The van der Waals surface area contributed by atoms with Crippen LogP contribution >= 0.6 is 0 Å². The van der Waals surface area contributed by atoms with E-state index in [1.807, 2.05) is 5.01 Å². The fraction of sp³-hybridized carbons (Fsp3) is 1.00. The van der Waals surface area contributed by atoms with Crippen molar-refractivity contribution in [3.05, 3.63) is 0 Å². The monoisotopic (exact) mass is 183 g/mol. The van der Waals surface area contributed by atoms with Crippen molar-refractivity contribution in [3.8, 4) is 0 Å². The largest absolute Gasteiger partial charge is 0.302 e. The highest BCUT2D eigenvalue weighted by atomic mass is 15.4. The summed E-state index contributed by atoms with van der Waals surface area (Å²) in [5.74, 6) is 8.29. The Hall–Kier alpha value is -0.120. The summed E-state index contributed by atoms with van der Waals surface area (Å²) in [6, 6.07) is 0. The van der Waals surface area contributed by atoms with Crippen LogP contribution in [-0.4, -0.2) is 42.6 Å². The van der Waals surface area contributed by atoms with Crippen LogP contribution in [0.5, 0.6) is 0 Å². The second-order valence-corrected chi connectivity index (χ2v) is 5.09. The second kappa shape index (κ2) is 3.56. The van der Waals surface area contributed by atoms with Crippen molar-refractivity contribution in [1.82, 2.24) is 9.91 Å². The van der Waals surface area contributed by atoms with Gasteiger partial charge in [-0.2, -0.15) is 0 Å². The van der Waals surface area contributed by atoms with Crippen LogP contribution in [-0.2, 0) is 0 Å². The molecule has 2 atom stereocenters. The predicted octanol–water partition coefficient (Wildman–Crippen LogP) is 0.380. The molecule has 0 saturated carbocycles. The molecule has 3 heteroatoms. The lowest BCUT2D eigenvalue weighted by Gasteiger charge is -2.20. The zero-order valence-corrected chi connectivity index (χ0v) is 8.74. The molecule has 0 unspecified atom stereocenters. The molecule has 0 aromatic rings. The van der Waals surface area contributed by atoms with Gasteiger partial charge in [0.2, 0.25) is 0 Å². The molecule has 2 aliphatic rings. The van der Waals surface area contributed by atoms with Crippen molar-refractivity contribution in [1.29, 1.82) is 0 Å². The molecule has 2 N–H and O–H groups in total. The van der Waals surface area contributed by atoms with Crippen LogP contribution in [0, 0.1) is 17.8 Å². The molecule has 2 heterocycles. The van der Waals surface area contributed by atoms with Crippen molar-refractivity contribution in [2.75, 3.05) is 32.7 Å². The highest BCUT2D eigenvalue weighted by Gasteiger charge is 2.38. The Morgan fingerprint density at radius 1 is 1.15 bits per heavy atom. The van der Waals surface area contributed by atoms with E-state index in [-0.39, 0.29) is 0 Å². The zero-order chi connectivity index (χ0) is 9.42. The van der Waals surface area contributed by atoms with Gasteiger partial charge in [0.05, 0.1) is 0 Å². The molecule has 0 radical (unpaired) electrons. The van der Waals surface area contributed by atoms with E-state index in [0.717, 1.165) is 30.8 Å². The van der Waals surface area contributed by atoms with Crippen LogP contribution in [0.4, 0.5) is 0 Å². The lowest BCUT2D eigenvalue weighted by atomic mass is 10.0. The summed E-state index contributed by atoms with van der Waals surface area (Å²) in [6.45, 7) is 10.6. The third kappa shape index (κ3) is 2.03. The van der Waals surface area contributed by atoms with Gasteiger partial charge in [0, 0.05) is 32.7 Å². The van der Waals surface area contributed by atoms with Gasteiger partial charge in [0.15, 0.2) is 0 Å². The maximum Gasteiger partial charge on any atom is 0.0172 e. The van der Waals surface area contributed by atoms with Crippen LogP contribution in [0.25, 0.3) is 0 Å². The van der Waals surface area contributed by atoms with Crippen molar-refractivity contribution in [2.45, 2.75) is 13.8 Å². The van der Waals surface area contributed by atoms with Gasteiger partial charge >= 0.3 is 0 Å². The number of nitrogens with zero attached hydrogens (tertiary/aromatic N) is 2. The van der Waals surface area contributed by atoms with E-state index >= 15 is 0 Å². The molecule has 76 valence electrons. The van der Waals surface area contributed by atoms with Gasteiger partial charge in [0.25, 0.3) is 0 Å². The average Bonchev–Trinajstić information content (AvgIpc) is 2.41. The van der Waals surface area contributed by atoms with E-state index in [1.54, 1.807) is 0 Å². The minimum Gasteiger partial charge on any atom is -0.302 e. The van der Waals surface area contributed by atoms with Crippen molar-refractivity contribution in [2.24, 2.45) is 23.6 Å². The maximum absolute atomic E-state index is 5.79. The lowest BCUT2D eigenvalue weighted by Crippen LogP contribution is -2.34. The molecule has 2 aliphatic heterocycles. The standard InChI is InChI=1S/C10H21N3/c1-8(2)3-12-4-9-6-13(11)7-10(9)5-12/h8-10H,3-7,11H2,1-2H3/t9-,10+. The smallest absolute Gasteiger partial charge is 0.0172 e. The molecule has 0 aromatic heterocycles. The minimum atomic E-state index is 0.799. The fourth-order valence-corrected chi connectivity index (χ4v) is 2.79. The van der Waals surface area contributed by atoms with Gasteiger partial charge in [-0.1, -0.05) is 13.8 Å². The number of rotatable bonds is 2. The van der Waals surface area contributed by atoms with Crippen LogP contribution in [0.1, 0.15) is 13.8 Å². The van der Waals surface area contributed by atoms with E-state index in [1.165, 1.54) is 19.6 Å². The Labute approximate surface area is 80.8 Å². The Bertz CT molecular complexity index is 167. The molecule has 0 spiro atoms. The molecule has 2 fully saturated rings. The molecule has 0 amide bonds. The molecule has 0 aliphatic carbocycles. The maximum atomic E-state index is 5.79. The van der Waals surface area contributed by atoms with E-state index < -0.39 is 0 Å². The van der Waals surface area contributed by atoms with Crippen LogP contribution in [0.3, 0.4) is 0 Å². The molecule has 2 rings (SSSR count). The molecule has 0 aromatic carbocycles. The van der Waals surface area contributed by atoms with Gasteiger partial charge in [0.1, 0.15) is 0 Å². The molecular weight excluding hydrogens is 162 g/mol. The number of nitrogens with two attached hydrogens (primary N) is 1. The van der Waals surface area contributed by atoms with Gasteiger partial charge in [-0.3, -0.25) is 5.84 Å². The predicted molar refractivity (Wildman–Crippen MR) is 54.0 cm³/mol. The summed E-state index contributed by atoms with van der Waals surface area (Å²) >= 11 is 0. The fourth-order valence-electron chi connectivity index (χ4n) is 2.79. The Morgan fingerprint density at radius 2 is 1.69 bits per heavy atom. The van der Waals surface area contributed by atoms with Gasteiger partial charge in [-0.15, -0.1) is 0 Å².